The van der Waals surface area contributed by atoms with Gasteiger partial charge in [0.15, 0.2) is 0 Å². The summed E-state index contributed by atoms with van der Waals surface area (Å²) in [5.41, 5.74) is 2.51. The summed E-state index contributed by atoms with van der Waals surface area (Å²) >= 11 is 0. The van der Waals surface area contributed by atoms with Gasteiger partial charge in [0.25, 0.3) is 0 Å². The highest BCUT2D eigenvalue weighted by atomic mass is 16.5. The summed E-state index contributed by atoms with van der Waals surface area (Å²) in [5.74, 6) is 0.894. The molecule has 2 heteroatoms. The maximum Gasteiger partial charge on any atom is 0.0733 e. The number of anilines is 1. The van der Waals surface area contributed by atoms with Crippen LogP contribution in [0.3, 0.4) is 0 Å². The van der Waals surface area contributed by atoms with Gasteiger partial charge in [0.1, 0.15) is 0 Å². The third-order valence-corrected chi connectivity index (χ3v) is 3.93. The van der Waals surface area contributed by atoms with E-state index in [9.17, 15) is 0 Å². The molecule has 0 aromatic heterocycles. The van der Waals surface area contributed by atoms with Gasteiger partial charge < -0.3 is 10.1 Å². The molecule has 0 saturated heterocycles. The molecular weight excluding hydrogens is 222 g/mol. The van der Waals surface area contributed by atoms with Crippen LogP contribution in [0.5, 0.6) is 0 Å². The number of ether oxygens (including phenoxy) is 1. The predicted octanol–water partition coefficient (Wildman–Crippen LogP) is 4.21. The van der Waals surface area contributed by atoms with Crippen LogP contribution >= 0.6 is 0 Å². The molecule has 1 N–H and O–H groups in total. The van der Waals surface area contributed by atoms with Crippen molar-refractivity contribution in [2.24, 2.45) is 5.92 Å². The van der Waals surface area contributed by atoms with Gasteiger partial charge in [-0.15, -0.1) is 0 Å². The molecule has 2 nitrogen and oxygen atoms in total. The van der Waals surface area contributed by atoms with Crippen LogP contribution in [0.4, 0.5) is 5.69 Å². The van der Waals surface area contributed by atoms with Crippen molar-refractivity contribution in [1.82, 2.24) is 0 Å². The average molecular weight is 247 g/mol. The van der Waals surface area contributed by atoms with Crippen LogP contribution in [0.15, 0.2) is 24.3 Å². The van der Waals surface area contributed by atoms with E-state index in [0.29, 0.717) is 12.6 Å². The predicted molar refractivity (Wildman–Crippen MR) is 76.8 cm³/mol. The second kappa shape index (κ2) is 6.79. The van der Waals surface area contributed by atoms with Gasteiger partial charge >= 0.3 is 0 Å². The fourth-order valence-electron chi connectivity index (χ4n) is 2.79. The Labute approximate surface area is 111 Å². The van der Waals surface area contributed by atoms with E-state index < -0.39 is 0 Å². The number of hydrogen-bond donors (Lipinski definition) is 1. The first kappa shape index (κ1) is 13.4. The van der Waals surface area contributed by atoms with Crippen LogP contribution in [-0.2, 0) is 11.3 Å². The molecule has 0 bridgehead atoms. The van der Waals surface area contributed by atoms with Gasteiger partial charge in [-0.3, -0.25) is 0 Å². The molecule has 2 atom stereocenters. The van der Waals surface area contributed by atoms with Gasteiger partial charge in [0.2, 0.25) is 0 Å². The lowest BCUT2D eigenvalue weighted by atomic mass is 10.0. The van der Waals surface area contributed by atoms with E-state index in [1.165, 1.54) is 43.4 Å². The largest absolute Gasteiger partial charge is 0.382 e. The summed E-state index contributed by atoms with van der Waals surface area (Å²) in [5, 5.41) is 3.71. The highest BCUT2D eigenvalue weighted by Gasteiger charge is 2.16. The number of nitrogens with one attached hydrogen (secondary N) is 1. The number of benzene rings is 1. The molecule has 0 aliphatic heterocycles. The summed E-state index contributed by atoms with van der Waals surface area (Å²) in [6.07, 6.45) is 6.68. The Morgan fingerprint density at radius 2 is 2.00 bits per heavy atom. The lowest BCUT2D eigenvalue weighted by molar-refractivity contribution is 0.185. The summed E-state index contributed by atoms with van der Waals surface area (Å²) in [6, 6.07) is 9.12. The molecule has 100 valence electrons. The molecule has 1 aromatic rings. The lowest BCUT2D eigenvalue weighted by Gasteiger charge is -2.20. The molecule has 0 heterocycles. The van der Waals surface area contributed by atoms with Crippen molar-refractivity contribution >= 4 is 5.69 Å². The van der Waals surface area contributed by atoms with E-state index in [1.54, 1.807) is 7.11 Å². The molecule has 1 aliphatic carbocycles. The van der Waals surface area contributed by atoms with E-state index in [1.807, 2.05) is 0 Å². The number of para-hydroxylation sites is 1. The Morgan fingerprint density at radius 3 is 2.83 bits per heavy atom. The first-order chi connectivity index (χ1) is 8.79. The first-order valence-electron chi connectivity index (χ1n) is 7.13. The molecule has 1 fully saturated rings. The zero-order valence-electron chi connectivity index (χ0n) is 11.6. The normalized spacial score (nSPS) is 24.6. The lowest BCUT2D eigenvalue weighted by Crippen LogP contribution is -2.19. The van der Waals surface area contributed by atoms with Gasteiger partial charge in [-0.25, -0.2) is 0 Å². The Bertz CT molecular complexity index is 364. The standard InChI is InChI=1S/C16H25NO/c1-13-6-5-8-15(11-10-13)17-16-9-4-3-7-14(16)12-18-2/h3-4,7,9,13,15,17H,5-6,8,10-12H2,1-2H3. The maximum absolute atomic E-state index is 5.26. The SMILES string of the molecule is COCc1ccccc1NC1CCCC(C)CC1. The summed E-state index contributed by atoms with van der Waals surface area (Å²) in [4.78, 5) is 0. The van der Waals surface area contributed by atoms with E-state index in [0.717, 1.165) is 5.92 Å². The van der Waals surface area contributed by atoms with Crippen LogP contribution in [0.25, 0.3) is 0 Å². The molecule has 2 rings (SSSR count). The molecule has 2 unspecified atom stereocenters. The van der Waals surface area contributed by atoms with Crippen LogP contribution in [0.2, 0.25) is 0 Å². The smallest absolute Gasteiger partial charge is 0.0733 e. The molecule has 1 saturated carbocycles. The zero-order chi connectivity index (χ0) is 12.8. The monoisotopic (exact) mass is 247 g/mol. The molecule has 1 aliphatic rings. The number of rotatable bonds is 4. The Balaban J connectivity index is 1.99. The fraction of sp³-hybridized carbons (Fsp3) is 0.625. The minimum Gasteiger partial charge on any atom is -0.382 e. The van der Waals surface area contributed by atoms with E-state index in [4.69, 9.17) is 4.74 Å². The van der Waals surface area contributed by atoms with E-state index in [-0.39, 0.29) is 0 Å². The topological polar surface area (TPSA) is 21.3 Å². The van der Waals surface area contributed by atoms with Gasteiger partial charge in [-0.2, -0.15) is 0 Å². The van der Waals surface area contributed by atoms with E-state index >= 15 is 0 Å². The molecule has 0 radical (unpaired) electrons. The Kier molecular flexibility index (Phi) is 5.06. The summed E-state index contributed by atoms with van der Waals surface area (Å²) in [7, 11) is 1.75. The fourth-order valence-corrected chi connectivity index (χ4v) is 2.79. The van der Waals surface area contributed by atoms with Crippen molar-refractivity contribution < 1.29 is 4.74 Å². The van der Waals surface area contributed by atoms with Crippen molar-refractivity contribution in [1.29, 1.82) is 0 Å². The average Bonchev–Trinajstić information content (AvgIpc) is 2.57. The van der Waals surface area contributed by atoms with E-state index in [2.05, 4.69) is 36.5 Å². The number of methoxy groups -OCH3 is 1. The molecule has 0 amide bonds. The Hall–Kier alpha value is -1.02. The molecular formula is C16H25NO. The third-order valence-electron chi connectivity index (χ3n) is 3.93. The molecule has 1 aromatic carbocycles. The Morgan fingerprint density at radius 1 is 1.17 bits per heavy atom. The van der Waals surface area contributed by atoms with Crippen LogP contribution in [0, 0.1) is 5.92 Å². The van der Waals surface area contributed by atoms with Crippen LogP contribution < -0.4 is 5.32 Å². The van der Waals surface area contributed by atoms with Crippen molar-refractivity contribution in [2.45, 2.75) is 51.7 Å². The highest BCUT2D eigenvalue weighted by molar-refractivity contribution is 5.51. The quantitative estimate of drug-likeness (QED) is 0.805. The van der Waals surface area contributed by atoms with Crippen LogP contribution in [-0.4, -0.2) is 13.2 Å². The number of hydrogen-bond acceptors (Lipinski definition) is 2. The maximum atomic E-state index is 5.26. The van der Waals surface area contributed by atoms with Crippen molar-refractivity contribution in [2.75, 3.05) is 12.4 Å². The summed E-state index contributed by atoms with van der Waals surface area (Å²) in [6.45, 7) is 3.06. The van der Waals surface area contributed by atoms with Crippen molar-refractivity contribution in [3.8, 4) is 0 Å². The van der Waals surface area contributed by atoms with Gasteiger partial charge in [-0.05, 0) is 31.2 Å². The summed E-state index contributed by atoms with van der Waals surface area (Å²) < 4.78 is 5.26. The van der Waals surface area contributed by atoms with Gasteiger partial charge in [0.05, 0.1) is 6.61 Å². The van der Waals surface area contributed by atoms with Crippen molar-refractivity contribution in [3.05, 3.63) is 29.8 Å². The minimum atomic E-state index is 0.632. The first-order valence-corrected chi connectivity index (χ1v) is 7.13. The van der Waals surface area contributed by atoms with Gasteiger partial charge in [-0.1, -0.05) is 38.0 Å². The van der Waals surface area contributed by atoms with Crippen molar-refractivity contribution in [3.63, 3.8) is 0 Å². The molecule has 0 spiro atoms. The van der Waals surface area contributed by atoms with Gasteiger partial charge in [0, 0.05) is 24.4 Å². The third kappa shape index (κ3) is 3.74. The highest BCUT2D eigenvalue weighted by Crippen LogP contribution is 2.26. The molecule has 18 heavy (non-hydrogen) atoms. The van der Waals surface area contributed by atoms with Crippen LogP contribution in [0.1, 0.15) is 44.6 Å². The second-order valence-electron chi connectivity index (χ2n) is 5.54. The minimum absolute atomic E-state index is 0.632. The zero-order valence-corrected chi connectivity index (χ0v) is 11.6. The second-order valence-corrected chi connectivity index (χ2v) is 5.54.